The lowest BCUT2D eigenvalue weighted by atomic mass is 9.65. The first-order valence-electron chi connectivity index (χ1n) is 21.2. The molecule has 0 amide bonds. The molecule has 1 aliphatic carbocycles. The minimum atomic E-state index is -0.490. The number of hydrogen-bond acceptors (Lipinski definition) is 1. The van der Waals surface area contributed by atoms with Crippen molar-refractivity contribution < 1.29 is 0 Å². The zero-order chi connectivity index (χ0) is 40.1. The van der Waals surface area contributed by atoms with E-state index in [1.54, 1.807) is 0 Å². The van der Waals surface area contributed by atoms with Crippen molar-refractivity contribution in [2.75, 3.05) is 4.90 Å². The van der Waals surface area contributed by atoms with Gasteiger partial charge in [0.1, 0.15) is 0 Å². The Morgan fingerprint density at radius 3 is 1.59 bits per heavy atom. The van der Waals surface area contributed by atoms with Gasteiger partial charge in [-0.2, -0.15) is 0 Å². The highest BCUT2D eigenvalue weighted by Crippen LogP contribution is 2.61. The van der Waals surface area contributed by atoms with Gasteiger partial charge in [0, 0.05) is 27.8 Å². The minimum absolute atomic E-state index is 0.490. The van der Waals surface area contributed by atoms with Crippen molar-refractivity contribution in [1.82, 2.24) is 4.57 Å². The number of nitrogens with zero attached hydrogens (tertiary/aromatic N) is 2. The van der Waals surface area contributed by atoms with Crippen LogP contribution in [0.15, 0.2) is 231 Å². The molecular formula is C59H38N2. The van der Waals surface area contributed by atoms with Crippen LogP contribution in [0.1, 0.15) is 22.3 Å². The van der Waals surface area contributed by atoms with E-state index in [0.717, 1.165) is 17.1 Å². The van der Waals surface area contributed by atoms with Crippen LogP contribution in [0.4, 0.5) is 17.1 Å². The molecule has 1 aromatic heterocycles. The van der Waals surface area contributed by atoms with Gasteiger partial charge in [0.25, 0.3) is 0 Å². The van der Waals surface area contributed by atoms with Gasteiger partial charge in [0.05, 0.1) is 22.1 Å². The molecule has 0 radical (unpaired) electrons. The predicted octanol–water partition coefficient (Wildman–Crippen LogP) is 15.4. The lowest BCUT2D eigenvalue weighted by molar-refractivity contribution is 0.748. The van der Waals surface area contributed by atoms with Crippen LogP contribution in [0, 0.1) is 0 Å². The Balaban J connectivity index is 1.04. The second kappa shape index (κ2) is 13.0. The summed E-state index contributed by atoms with van der Waals surface area (Å²) in [6.45, 7) is 0. The molecule has 0 N–H and O–H groups in total. The molecule has 2 aliphatic rings. The Labute approximate surface area is 354 Å². The Hall–Kier alpha value is -7.94. The van der Waals surface area contributed by atoms with Gasteiger partial charge in [-0.15, -0.1) is 0 Å². The van der Waals surface area contributed by atoms with Crippen molar-refractivity contribution in [3.63, 3.8) is 0 Å². The number of aromatic nitrogens is 1. The van der Waals surface area contributed by atoms with Crippen LogP contribution in [-0.4, -0.2) is 4.57 Å². The van der Waals surface area contributed by atoms with Crippen molar-refractivity contribution in [2.24, 2.45) is 0 Å². The number of benzene rings is 10. The van der Waals surface area contributed by atoms with Crippen molar-refractivity contribution in [3.05, 3.63) is 253 Å². The summed E-state index contributed by atoms with van der Waals surface area (Å²) in [6, 6.07) is 85.3. The number of fused-ring (bicyclic) bond motifs is 13. The van der Waals surface area contributed by atoms with Crippen LogP contribution in [-0.2, 0) is 5.41 Å². The first-order chi connectivity index (χ1) is 30.3. The zero-order valence-corrected chi connectivity index (χ0v) is 33.3. The minimum Gasteiger partial charge on any atom is -0.310 e. The second-order valence-corrected chi connectivity index (χ2v) is 16.5. The average Bonchev–Trinajstić information content (AvgIpc) is 3.83. The van der Waals surface area contributed by atoms with E-state index in [-0.39, 0.29) is 0 Å². The number of para-hydroxylation sites is 2. The van der Waals surface area contributed by atoms with Crippen LogP contribution < -0.4 is 4.90 Å². The summed E-state index contributed by atoms with van der Waals surface area (Å²) in [5.41, 5.74) is 19.3. The van der Waals surface area contributed by atoms with Gasteiger partial charge in [0.2, 0.25) is 0 Å². The Morgan fingerprint density at radius 1 is 0.328 bits per heavy atom. The van der Waals surface area contributed by atoms with Gasteiger partial charge >= 0.3 is 0 Å². The van der Waals surface area contributed by atoms with Gasteiger partial charge in [-0.3, -0.25) is 0 Å². The van der Waals surface area contributed by atoms with Crippen LogP contribution in [0.2, 0.25) is 0 Å². The van der Waals surface area contributed by atoms with E-state index in [4.69, 9.17) is 0 Å². The summed E-state index contributed by atoms with van der Waals surface area (Å²) < 4.78 is 2.55. The summed E-state index contributed by atoms with van der Waals surface area (Å²) in [5.74, 6) is 0. The highest BCUT2D eigenvalue weighted by atomic mass is 15.1. The molecule has 0 atom stereocenters. The topological polar surface area (TPSA) is 8.17 Å². The molecule has 2 heteroatoms. The lowest BCUT2D eigenvalue weighted by Crippen LogP contribution is -2.33. The monoisotopic (exact) mass is 774 g/mol. The smallest absolute Gasteiger partial charge is 0.0754 e. The van der Waals surface area contributed by atoms with Crippen LogP contribution in [0.25, 0.3) is 71.6 Å². The molecular weight excluding hydrogens is 737 g/mol. The zero-order valence-electron chi connectivity index (χ0n) is 33.3. The summed E-state index contributed by atoms with van der Waals surface area (Å²) in [5, 5.41) is 4.99. The average molecular weight is 775 g/mol. The normalized spacial score (nSPS) is 13.0. The molecule has 284 valence electrons. The van der Waals surface area contributed by atoms with E-state index in [2.05, 4.69) is 240 Å². The van der Waals surface area contributed by atoms with Crippen molar-refractivity contribution >= 4 is 49.6 Å². The van der Waals surface area contributed by atoms with Gasteiger partial charge in [-0.25, -0.2) is 0 Å². The van der Waals surface area contributed by atoms with E-state index in [1.807, 2.05) is 0 Å². The summed E-state index contributed by atoms with van der Waals surface area (Å²) in [6.07, 6.45) is 0. The molecule has 0 bridgehead atoms. The Bertz CT molecular complexity index is 3480. The molecule has 13 rings (SSSR count). The third kappa shape index (κ3) is 4.85. The molecule has 0 unspecified atom stereocenters. The SMILES string of the molecule is c1ccc(-c2ccc(-c3ccc(N(c4ccc5c(c4)-n4c6ccccc6c6cccc(c64)C54c5ccccc5-c5ccccc54)c4ccc5ccccc5c4)cc3)cc2)cc1. The van der Waals surface area contributed by atoms with Crippen LogP contribution in [0.5, 0.6) is 0 Å². The second-order valence-electron chi connectivity index (χ2n) is 16.5. The third-order valence-electron chi connectivity index (χ3n) is 13.4. The highest BCUT2D eigenvalue weighted by Gasteiger charge is 2.50. The van der Waals surface area contributed by atoms with E-state index in [1.165, 1.54) is 93.9 Å². The molecule has 11 aromatic rings. The fourth-order valence-corrected chi connectivity index (χ4v) is 10.7. The van der Waals surface area contributed by atoms with Crippen molar-refractivity contribution in [1.29, 1.82) is 0 Å². The summed E-state index contributed by atoms with van der Waals surface area (Å²) >= 11 is 0. The molecule has 61 heavy (non-hydrogen) atoms. The molecule has 0 saturated carbocycles. The predicted molar refractivity (Wildman–Crippen MR) is 255 cm³/mol. The van der Waals surface area contributed by atoms with Gasteiger partial charge in [-0.1, -0.05) is 188 Å². The maximum Gasteiger partial charge on any atom is 0.0754 e. The van der Waals surface area contributed by atoms with Gasteiger partial charge < -0.3 is 9.47 Å². The fourth-order valence-electron chi connectivity index (χ4n) is 10.7. The van der Waals surface area contributed by atoms with E-state index in [0.29, 0.717) is 0 Å². The highest BCUT2D eigenvalue weighted by molar-refractivity contribution is 6.13. The fraction of sp³-hybridized carbons (Fsp3) is 0.0169. The van der Waals surface area contributed by atoms with Gasteiger partial charge in [-0.05, 0) is 109 Å². The molecule has 0 fully saturated rings. The Kier molecular flexibility index (Phi) is 7.26. The van der Waals surface area contributed by atoms with Crippen LogP contribution in [0.3, 0.4) is 0 Å². The molecule has 2 nitrogen and oxygen atoms in total. The van der Waals surface area contributed by atoms with Crippen LogP contribution >= 0.6 is 0 Å². The molecule has 0 saturated heterocycles. The largest absolute Gasteiger partial charge is 0.310 e. The van der Waals surface area contributed by atoms with E-state index < -0.39 is 5.41 Å². The molecule has 2 heterocycles. The van der Waals surface area contributed by atoms with Crippen molar-refractivity contribution in [2.45, 2.75) is 5.41 Å². The maximum absolute atomic E-state index is 2.55. The number of rotatable bonds is 5. The first-order valence-corrected chi connectivity index (χ1v) is 21.2. The standard InChI is InChI=1S/C59H38N2/c1-2-13-39(14-3-1)41-25-27-42(28-26-41)43-29-32-45(33-30-43)60(46-34-31-40-15-4-5-16-44(40)37-46)47-35-36-54-57(38-47)61-56-24-11-8-19-50(56)51-20-12-23-55(58(51)61)59(54)52-21-9-6-17-48(52)49-18-7-10-22-53(49)59/h1-38H. The lowest BCUT2D eigenvalue weighted by Gasteiger charge is -2.40. The first kappa shape index (κ1) is 34.0. The number of anilines is 3. The van der Waals surface area contributed by atoms with E-state index >= 15 is 0 Å². The molecule has 1 spiro atoms. The summed E-state index contributed by atoms with van der Waals surface area (Å²) in [7, 11) is 0. The van der Waals surface area contributed by atoms with Crippen molar-refractivity contribution in [3.8, 4) is 39.1 Å². The maximum atomic E-state index is 2.55. The molecule has 1 aliphatic heterocycles. The third-order valence-corrected chi connectivity index (χ3v) is 13.4. The summed E-state index contributed by atoms with van der Waals surface area (Å²) in [4.78, 5) is 2.43. The quantitative estimate of drug-likeness (QED) is 0.169. The molecule has 10 aromatic carbocycles. The van der Waals surface area contributed by atoms with Gasteiger partial charge in [0.15, 0.2) is 0 Å². The Morgan fingerprint density at radius 2 is 0.852 bits per heavy atom. The number of hydrogen-bond donors (Lipinski definition) is 0. The van der Waals surface area contributed by atoms with E-state index in [9.17, 15) is 0 Å².